The monoisotopic (exact) mass is 405 g/mol. The Balaban J connectivity index is 1.51. The molecule has 6 heteroatoms. The van der Waals surface area contributed by atoms with E-state index in [-0.39, 0.29) is 18.6 Å². The Morgan fingerprint density at radius 2 is 1.72 bits per heavy atom. The molecule has 0 fully saturated rings. The van der Waals surface area contributed by atoms with E-state index in [0.29, 0.717) is 23.0 Å². The first-order valence-electron chi connectivity index (χ1n) is 9.34. The van der Waals surface area contributed by atoms with Crippen molar-refractivity contribution in [2.24, 2.45) is 0 Å². The number of nitrogens with zero attached hydrogens (tertiary/aromatic N) is 1. The fourth-order valence-corrected chi connectivity index (χ4v) is 3.33. The molecule has 1 amide bonds. The van der Waals surface area contributed by atoms with E-state index in [1.165, 1.54) is 0 Å². The molecule has 146 valence electrons. The molecule has 0 saturated heterocycles. The summed E-state index contributed by atoms with van der Waals surface area (Å²) in [5.41, 5.74) is 2.90. The molecule has 0 saturated carbocycles. The lowest BCUT2D eigenvalue weighted by Crippen LogP contribution is -2.34. The molecule has 0 aliphatic heterocycles. The van der Waals surface area contributed by atoms with E-state index >= 15 is 0 Å². The maximum Gasteiger partial charge on any atom is 0.258 e. The van der Waals surface area contributed by atoms with Crippen molar-refractivity contribution in [3.05, 3.63) is 95.3 Å². The van der Waals surface area contributed by atoms with Crippen LogP contribution in [0.3, 0.4) is 0 Å². The van der Waals surface area contributed by atoms with Gasteiger partial charge >= 0.3 is 0 Å². The highest BCUT2D eigenvalue weighted by Gasteiger charge is 2.19. The van der Waals surface area contributed by atoms with E-state index in [1.54, 1.807) is 12.1 Å². The number of hydrogen-bond acceptors (Lipinski definition) is 3. The van der Waals surface area contributed by atoms with Crippen LogP contribution < -0.4 is 10.1 Å². The fourth-order valence-electron chi connectivity index (χ4n) is 3.14. The highest BCUT2D eigenvalue weighted by molar-refractivity contribution is 6.32. The molecule has 29 heavy (non-hydrogen) atoms. The molecule has 1 aromatic heterocycles. The van der Waals surface area contributed by atoms with Crippen LogP contribution in [0.1, 0.15) is 17.4 Å². The molecule has 0 bridgehead atoms. The van der Waals surface area contributed by atoms with Crippen molar-refractivity contribution in [2.75, 3.05) is 6.61 Å². The van der Waals surface area contributed by atoms with E-state index in [4.69, 9.17) is 16.3 Å². The highest BCUT2D eigenvalue weighted by atomic mass is 35.5. The molecule has 4 aromatic rings. The number of para-hydroxylation sites is 3. The zero-order valence-electron chi connectivity index (χ0n) is 15.6. The highest BCUT2D eigenvalue weighted by Crippen LogP contribution is 2.23. The summed E-state index contributed by atoms with van der Waals surface area (Å²) >= 11 is 6.09. The van der Waals surface area contributed by atoms with Gasteiger partial charge in [-0.1, -0.05) is 66.2 Å². The first-order valence-corrected chi connectivity index (χ1v) is 9.72. The Morgan fingerprint density at radius 3 is 2.52 bits per heavy atom. The van der Waals surface area contributed by atoms with Gasteiger partial charge in [0.15, 0.2) is 6.61 Å². The molecule has 1 unspecified atom stereocenters. The Hall–Kier alpha value is -3.31. The van der Waals surface area contributed by atoms with Crippen LogP contribution in [0.4, 0.5) is 0 Å². The molecular weight excluding hydrogens is 386 g/mol. The van der Waals surface area contributed by atoms with Crippen molar-refractivity contribution in [3.8, 4) is 5.75 Å². The van der Waals surface area contributed by atoms with E-state index in [1.807, 2.05) is 66.7 Å². The van der Waals surface area contributed by atoms with Crippen LogP contribution in [0.2, 0.25) is 5.02 Å². The summed E-state index contributed by atoms with van der Waals surface area (Å²) in [7, 11) is 0. The predicted octanol–water partition coefficient (Wildman–Crippen LogP) is 4.70. The topological polar surface area (TPSA) is 67.0 Å². The minimum atomic E-state index is -0.313. The first kappa shape index (κ1) is 19.0. The summed E-state index contributed by atoms with van der Waals surface area (Å²) in [5, 5.41) is 3.50. The normalized spacial score (nSPS) is 11.9. The molecule has 1 heterocycles. The second-order valence-electron chi connectivity index (χ2n) is 6.67. The Morgan fingerprint density at radius 1 is 1.00 bits per heavy atom. The van der Waals surface area contributed by atoms with Crippen molar-refractivity contribution in [2.45, 2.75) is 12.5 Å². The summed E-state index contributed by atoms with van der Waals surface area (Å²) in [6, 6.07) is 24.6. The number of fused-ring (bicyclic) bond motifs is 1. The summed E-state index contributed by atoms with van der Waals surface area (Å²) in [6.45, 7) is -0.130. The summed E-state index contributed by atoms with van der Waals surface area (Å²) in [4.78, 5) is 20.6. The third-order valence-electron chi connectivity index (χ3n) is 4.55. The number of hydrogen-bond donors (Lipinski definition) is 2. The van der Waals surface area contributed by atoms with Gasteiger partial charge in [0.25, 0.3) is 5.91 Å². The minimum absolute atomic E-state index is 0.130. The van der Waals surface area contributed by atoms with Gasteiger partial charge in [0, 0.05) is 0 Å². The van der Waals surface area contributed by atoms with Crippen LogP contribution in [-0.4, -0.2) is 22.5 Å². The first-order chi connectivity index (χ1) is 14.2. The van der Waals surface area contributed by atoms with Gasteiger partial charge in [0.05, 0.1) is 22.1 Å². The van der Waals surface area contributed by atoms with Gasteiger partial charge in [-0.05, 0) is 36.2 Å². The molecule has 0 aliphatic rings. The molecule has 3 aromatic carbocycles. The summed E-state index contributed by atoms with van der Waals surface area (Å²) < 4.78 is 5.57. The lowest BCUT2D eigenvalue weighted by molar-refractivity contribution is -0.123. The molecule has 0 spiro atoms. The quantitative estimate of drug-likeness (QED) is 0.468. The van der Waals surface area contributed by atoms with Crippen LogP contribution in [-0.2, 0) is 11.2 Å². The number of H-pyrrole nitrogens is 1. The number of carbonyl (C=O) groups is 1. The number of imidazole rings is 1. The lowest BCUT2D eigenvalue weighted by Gasteiger charge is -2.17. The van der Waals surface area contributed by atoms with Gasteiger partial charge in [0.1, 0.15) is 11.6 Å². The number of ether oxygens (including phenoxy) is 1. The zero-order chi connectivity index (χ0) is 20.1. The fraction of sp³-hybridized carbons (Fsp3) is 0.130. The average molecular weight is 406 g/mol. The molecular formula is C23H20ClN3O2. The number of carbonyl (C=O) groups excluding carboxylic acids is 1. The number of aromatic amines is 1. The van der Waals surface area contributed by atoms with E-state index < -0.39 is 0 Å². The zero-order valence-corrected chi connectivity index (χ0v) is 16.4. The molecule has 0 radical (unpaired) electrons. The number of rotatable bonds is 7. The standard InChI is InChI=1S/C23H20ClN3O2/c24-17-10-4-7-13-21(17)29-15-22(28)25-20(14-16-8-2-1-3-9-16)23-26-18-11-5-6-12-19(18)27-23/h1-13,20H,14-15H2,(H,25,28)(H,26,27). The third kappa shape index (κ3) is 4.76. The number of halogens is 1. The maximum absolute atomic E-state index is 12.6. The Kier molecular flexibility index (Phi) is 5.77. The number of nitrogens with one attached hydrogen (secondary N) is 2. The van der Waals surface area contributed by atoms with Crippen LogP contribution in [0.5, 0.6) is 5.75 Å². The largest absolute Gasteiger partial charge is 0.482 e. The molecule has 4 rings (SSSR count). The second-order valence-corrected chi connectivity index (χ2v) is 7.08. The van der Waals surface area contributed by atoms with Gasteiger partial charge in [-0.2, -0.15) is 0 Å². The van der Waals surface area contributed by atoms with Crippen LogP contribution in [0.15, 0.2) is 78.9 Å². The van der Waals surface area contributed by atoms with E-state index in [0.717, 1.165) is 16.6 Å². The Bertz CT molecular complexity index is 1080. The van der Waals surface area contributed by atoms with E-state index in [9.17, 15) is 4.79 Å². The number of amides is 1. The minimum Gasteiger partial charge on any atom is -0.482 e. The second kappa shape index (κ2) is 8.80. The maximum atomic E-state index is 12.6. The smallest absolute Gasteiger partial charge is 0.258 e. The Labute approximate surface area is 173 Å². The average Bonchev–Trinajstić information content (AvgIpc) is 3.18. The van der Waals surface area contributed by atoms with Gasteiger partial charge in [-0.25, -0.2) is 4.98 Å². The molecule has 0 aliphatic carbocycles. The number of aromatic nitrogens is 2. The van der Waals surface area contributed by atoms with Gasteiger partial charge in [-0.3, -0.25) is 4.79 Å². The summed E-state index contributed by atoms with van der Waals surface area (Å²) in [6.07, 6.45) is 0.610. The predicted molar refractivity (Wildman–Crippen MR) is 114 cm³/mol. The van der Waals surface area contributed by atoms with Gasteiger partial charge in [-0.15, -0.1) is 0 Å². The summed E-state index contributed by atoms with van der Waals surface area (Å²) in [5.74, 6) is 0.945. The van der Waals surface area contributed by atoms with Crippen LogP contribution in [0.25, 0.3) is 11.0 Å². The van der Waals surface area contributed by atoms with Gasteiger partial charge < -0.3 is 15.0 Å². The van der Waals surface area contributed by atoms with Crippen LogP contribution in [0, 0.1) is 0 Å². The van der Waals surface area contributed by atoms with Gasteiger partial charge in [0.2, 0.25) is 0 Å². The van der Waals surface area contributed by atoms with Crippen molar-refractivity contribution >= 4 is 28.5 Å². The molecule has 2 N–H and O–H groups in total. The van der Waals surface area contributed by atoms with Crippen molar-refractivity contribution < 1.29 is 9.53 Å². The molecule has 1 atom stereocenters. The van der Waals surface area contributed by atoms with E-state index in [2.05, 4.69) is 15.3 Å². The van der Waals surface area contributed by atoms with Crippen molar-refractivity contribution in [1.29, 1.82) is 0 Å². The van der Waals surface area contributed by atoms with Crippen molar-refractivity contribution in [3.63, 3.8) is 0 Å². The SMILES string of the molecule is O=C(COc1ccccc1Cl)NC(Cc1ccccc1)c1nc2ccccc2[nH]1. The van der Waals surface area contributed by atoms with Crippen molar-refractivity contribution in [1.82, 2.24) is 15.3 Å². The number of benzene rings is 3. The van der Waals surface area contributed by atoms with Crippen LogP contribution >= 0.6 is 11.6 Å². The molecule has 5 nitrogen and oxygen atoms in total. The lowest BCUT2D eigenvalue weighted by atomic mass is 10.1. The third-order valence-corrected chi connectivity index (χ3v) is 4.86.